The number of H-pyrrole nitrogens is 2. The smallest absolute Gasteiger partial charge is 0.227 e. The van der Waals surface area contributed by atoms with E-state index in [1.807, 2.05) is 0 Å². The topological polar surface area (TPSA) is 112 Å². The van der Waals surface area contributed by atoms with Gasteiger partial charge < -0.3 is 10.3 Å². The highest BCUT2D eigenvalue weighted by Gasteiger charge is 2.23. The van der Waals surface area contributed by atoms with Crippen molar-refractivity contribution in [2.75, 3.05) is 5.32 Å². The fourth-order valence-corrected chi connectivity index (χ4v) is 6.13. The molecule has 0 aliphatic heterocycles. The van der Waals surface area contributed by atoms with Crippen molar-refractivity contribution < 1.29 is 13.6 Å². The summed E-state index contributed by atoms with van der Waals surface area (Å²) >= 11 is 0.983. The molecule has 1 amide bonds. The zero-order chi connectivity index (χ0) is 27.2. The number of halogens is 2. The number of amides is 1. The van der Waals surface area contributed by atoms with Gasteiger partial charge in [0.2, 0.25) is 5.91 Å². The largest absolute Gasteiger partial charge is 0.336 e. The molecule has 5 aromatic heterocycles. The molecule has 0 bridgehead atoms. The molecule has 0 spiro atoms. The number of thiophene rings is 1. The van der Waals surface area contributed by atoms with Crippen molar-refractivity contribution in [1.29, 1.82) is 0 Å². The van der Waals surface area contributed by atoms with E-state index in [1.165, 1.54) is 12.5 Å². The first-order valence-electron chi connectivity index (χ1n) is 13.1. The molecule has 0 unspecified atom stereocenters. The lowest BCUT2D eigenvalue weighted by molar-refractivity contribution is -0.120. The van der Waals surface area contributed by atoms with E-state index in [4.69, 9.17) is 0 Å². The Morgan fingerprint density at radius 3 is 2.70 bits per heavy atom. The van der Waals surface area contributed by atoms with Gasteiger partial charge in [0.1, 0.15) is 22.7 Å². The van der Waals surface area contributed by atoms with Crippen LogP contribution in [0, 0.1) is 16.9 Å². The van der Waals surface area contributed by atoms with E-state index in [2.05, 4.69) is 35.5 Å². The molecule has 0 atom stereocenters. The van der Waals surface area contributed by atoms with E-state index in [1.54, 1.807) is 48.9 Å². The van der Waals surface area contributed by atoms with Gasteiger partial charge in [0.05, 0.1) is 33.2 Å². The van der Waals surface area contributed by atoms with Crippen LogP contribution in [0.3, 0.4) is 0 Å². The van der Waals surface area contributed by atoms with Gasteiger partial charge in [-0.05, 0) is 49.2 Å². The molecule has 6 aromatic rings. The lowest BCUT2D eigenvalue weighted by atomic mass is 9.88. The molecule has 11 heteroatoms. The van der Waals surface area contributed by atoms with Gasteiger partial charge in [-0.2, -0.15) is 9.49 Å². The predicted molar refractivity (Wildman–Crippen MR) is 151 cm³/mol. The quantitative estimate of drug-likeness (QED) is 0.210. The first kappa shape index (κ1) is 24.5. The van der Waals surface area contributed by atoms with Crippen LogP contribution in [0.5, 0.6) is 0 Å². The summed E-state index contributed by atoms with van der Waals surface area (Å²) in [5, 5.41) is 10.2. The first-order chi connectivity index (χ1) is 19.5. The van der Waals surface area contributed by atoms with E-state index in [0.29, 0.717) is 55.5 Å². The van der Waals surface area contributed by atoms with Crippen LogP contribution < -0.4 is 5.32 Å². The fourth-order valence-electron chi connectivity index (χ4n) is 5.40. The van der Waals surface area contributed by atoms with Crippen LogP contribution in [0.25, 0.3) is 55.2 Å². The van der Waals surface area contributed by atoms with Crippen LogP contribution in [0.4, 0.5) is 14.5 Å². The van der Waals surface area contributed by atoms with E-state index in [-0.39, 0.29) is 22.3 Å². The summed E-state index contributed by atoms with van der Waals surface area (Å²) in [6.07, 6.45) is 9.82. The number of carbonyl (C=O) groups is 1. The molecule has 40 heavy (non-hydrogen) atoms. The molecule has 5 heterocycles. The van der Waals surface area contributed by atoms with Crippen molar-refractivity contribution in [2.45, 2.75) is 32.1 Å². The van der Waals surface area contributed by atoms with Crippen LogP contribution in [-0.2, 0) is 4.79 Å². The van der Waals surface area contributed by atoms with Crippen molar-refractivity contribution in [1.82, 2.24) is 30.1 Å². The van der Waals surface area contributed by atoms with E-state index < -0.39 is 5.82 Å². The Balaban J connectivity index is 1.26. The maximum Gasteiger partial charge on any atom is 0.227 e. The molecular weight excluding hydrogens is 532 g/mol. The number of aromatic amines is 2. The van der Waals surface area contributed by atoms with Gasteiger partial charge in [-0.1, -0.05) is 19.3 Å². The Bertz CT molecular complexity index is 1890. The highest BCUT2D eigenvalue weighted by atomic mass is 32.1. The molecule has 1 saturated carbocycles. The minimum absolute atomic E-state index is 0.00246. The first-order valence-corrected chi connectivity index (χ1v) is 13.9. The monoisotopic (exact) mass is 555 g/mol. The summed E-state index contributed by atoms with van der Waals surface area (Å²) in [6, 6.07) is 9.95. The van der Waals surface area contributed by atoms with Gasteiger partial charge in [-0.3, -0.25) is 19.9 Å². The summed E-state index contributed by atoms with van der Waals surface area (Å²) in [5.74, 6) is -0.152. The molecule has 1 aliphatic carbocycles. The van der Waals surface area contributed by atoms with Crippen LogP contribution in [0.2, 0.25) is 0 Å². The van der Waals surface area contributed by atoms with Crippen molar-refractivity contribution in [3.63, 3.8) is 0 Å². The van der Waals surface area contributed by atoms with Gasteiger partial charge in [0, 0.05) is 29.4 Å². The zero-order valence-electron chi connectivity index (χ0n) is 21.2. The van der Waals surface area contributed by atoms with E-state index >= 15 is 4.39 Å². The SMILES string of the molecule is O=C(Nc1cncc(-c2ccc3[nH]nc(-c4nc5c(-c6ccc(F)s6)nccc5[nH]4)c3c2F)c1)C1CCCCC1. The number of imidazole rings is 1. The summed E-state index contributed by atoms with van der Waals surface area (Å²) in [4.78, 5) is 29.9. The molecule has 1 aromatic carbocycles. The predicted octanol–water partition coefficient (Wildman–Crippen LogP) is 7.09. The average Bonchev–Trinajstić information content (AvgIpc) is 3.72. The summed E-state index contributed by atoms with van der Waals surface area (Å²) in [5.41, 5.74) is 3.95. The molecule has 3 N–H and O–H groups in total. The lowest BCUT2D eigenvalue weighted by Crippen LogP contribution is -2.24. The molecule has 1 fully saturated rings. The van der Waals surface area contributed by atoms with E-state index in [9.17, 15) is 9.18 Å². The minimum atomic E-state index is -0.488. The van der Waals surface area contributed by atoms with Crippen LogP contribution in [0.15, 0.2) is 55.0 Å². The van der Waals surface area contributed by atoms with Gasteiger partial charge in [-0.25, -0.2) is 9.37 Å². The van der Waals surface area contributed by atoms with Crippen molar-refractivity contribution in [3.8, 4) is 33.2 Å². The summed E-state index contributed by atoms with van der Waals surface area (Å²) in [6.45, 7) is 0. The van der Waals surface area contributed by atoms with Gasteiger partial charge in [-0.15, -0.1) is 11.3 Å². The average molecular weight is 556 g/mol. The number of benzene rings is 1. The molecule has 0 saturated heterocycles. The maximum atomic E-state index is 16.2. The number of pyridine rings is 2. The molecule has 0 radical (unpaired) electrons. The Labute approximate surface area is 230 Å². The summed E-state index contributed by atoms with van der Waals surface area (Å²) < 4.78 is 29.8. The highest BCUT2D eigenvalue weighted by Crippen LogP contribution is 2.36. The molecule has 8 nitrogen and oxygen atoms in total. The molecule has 7 rings (SSSR count). The van der Waals surface area contributed by atoms with Crippen molar-refractivity contribution >= 4 is 44.9 Å². The minimum Gasteiger partial charge on any atom is -0.336 e. The fraction of sp³-hybridized carbons (Fsp3) is 0.207. The van der Waals surface area contributed by atoms with Gasteiger partial charge >= 0.3 is 0 Å². The second-order valence-corrected chi connectivity index (χ2v) is 11.0. The maximum absolute atomic E-state index is 16.2. The number of rotatable bonds is 5. The number of nitrogens with one attached hydrogen (secondary N) is 3. The van der Waals surface area contributed by atoms with Gasteiger partial charge in [0.15, 0.2) is 11.0 Å². The van der Waals surface area contributed by atoms with Crippen molar-refractivity contribution in [3.05, 3.63) is 65.9 Å². The second-order valence-electron chi connectivity index (χ2n) is 9.95. The zero-order valence-corrected chi connectivity index (χ0v) is 22.0. The lowest BCUT2D eigenvalue weighted by Gasteiger charge is -2.20. The number of fused-ring (bicyclic) bond motifs is 2. The number of aromatic nitrogens is 6. The van der Waals surface area contributed by atoms with Crippen LogP contribution in [0.1, 0.15) is 32.1 Å². The highest BCUT2D eigenvalue weighted by molar-refractivity contribution is 7.13. The number of hydrogen-bond donors (Lipinski definition) is 3. The third-order valence-corrected chi connectivity index (χ3v) is 8.27. The standard InChI is InChI=1S/C29H23F2N7OS/c30-22-9-8-21(40-22)26-25-20(10-11-33-26)35-28(36-25)27-23-19(37-38-27)7-6-18(24(23)31)16-12-17(14-32-13-16)34-29(39)15-4-2-1-3-5-15/h6-15H,1-5H2,(H,34,39)(H,35,36)(H,37,38). The number of carbonyl (C=O) groups excluding carboxylic acids is 1. The van der Waals surface area contributed by atoms with Gasteiger partial charge in [0.25, 0.3) is 0 Å². The molecule has 200 valence electrons. The Morgan fingerprint density at radius 1 is 1.00 bits per heavy atom. The summed E-state index contributed by atoms with van der Waals surface area (Å²) in [7, 11) is 0. The van der Waals surface area contributed by atoms with Crippen LogP contribution in [-0.4, -0.2) is 36.0 Å². The second kappa shape index (κ2) is 9.91. The number of anilines is 1. The Hall–Kier alpha value is -4.51. The molecular formula is C29H23F2N7OS. The van der Waals surface area contributed by atoms with Crippen molar-refractivity contribution in [2.24, 2.45) is 5.92 Å². The van der Waals surface area contributed by atoms with E-state index in [0.717, 1.165) is 37.0 Å². The normalized spacial score (nSPS) is 14.2. The molecule has 1 aliphatic rings. The number of hydrogen-bond acceptors (Lipinski definition) is 6. The van der Waals surface area contributed by atoms with Crippen LogP contribution >= 0.6 is 11.3 Å². The number of nitrogens with zero attached hydrogens (tertiary/aromatic N) is 4. The third-order valence-electron chi connectivity index (χ3n) is 7.39. The third kappa shape index (κ3) is 4.32. The Kier molecular flexibility index (Phi) is 6.07. The Morgan fingerprint density at radius 2 is 1.88 bits per heavy atom.